The summed E-state index contributed by atoms with van der Waals surface area (Å²) in [6.07, 6.45) is 0. The van der Waals surface area contributed by atoms with Crippen LogP contribution in [0.25, 0.3) is 11.1 Å². The fourth-order valence-corrected chi connectivity index (χ4v) is 2.35. The monoisotopic (exact) mass is 313 g/mol. The lowest BCUT2D eigenvalue weighted by atomic mass is 10.2. The van der Waals surface area contributed by atoms with Crippen LogP contribution in [0.15, 0.2) is 28.7 Å². The van der Waals surface area contributed by atoms with Gasteiger partial charge in [0.1, 0.15) is 5.52 Å². The highest BCUT2D eigenvalue weighted by Crippen LogP contribution is 2.21. The molecule has 7 nitrogen and oxygen atoms in total. The Labute approximate surface area is 133 Å². The Balaban J connectivity index is 1.76. The number of anilines is 1. The molecule has 1 aromatic carbocycles. The van der Waals surface area contributed by atoms with Crippen molar-refractivity contribution in [3.63, 3.8) is 0 Å². The molecule has 23 heavy (non-hydrogen) atoms. The molecular formula is C16H19N5O2. The second-order valence-corrected chi connectivity index (χ2v) is 5.66. The Hall–Kier alpha value is -2.83. The molecule has 2 aromatic heterocycles. The zero-order valence-electron chi connectivity index (χ0n) is 13.6. The van der Waals surface area contributed by atoms with Crippen molar-refractivity contribution >= 4 is 23.0 Å². The third-order valence-electron chi connectivity index (χ3n) is 3.55. The predicted molar refractivity (Wildman–Crippen MR) is 87.5 cm³/mol. The van der Waals surface area contributed by atoms with E-state index in [9.17, 15) is 4.79 Å². The fraction of sp³-hybridized carbons (Fsp3) is 0.312. The highest BCUT2D eigenvalue weighted by atomic mass is 16.4. The van der Waals surface area contributed by atoms with Crippen molar-refractivity contribution < 1.29 is 9.21 Å². The number of fused-ring (bicyclic) bond motifs is 1. The molecule has 0 aliphatic carbocycles. The van der Waals surface area contributed by atoms with Crippen LogP contribution in [0.2, 0.25) is 0 Å². The van der Waals surface area contributed by atoms with Crippen molar-refractivity contribution in [3.8, 4) is 0 Å². The number of oxazole rings is 1. The molecule has 3 aromatic rings. The molecule has 0 aliphatic rings. The van der Waals surface area contributed by atoms with Crippen LogP contribution in [0.5, 0.6) is 0 Å². The van der Waals surface area contributed by atoms with Crippen molar-refractivity contribution in [2.75, 3.05) is 19.0 Å². The van der Waals surface area contributed by atoms with Crippen LogP contribution in [-0.2, 0) is 13.6 Å². The average molecular weight is 313 g/mol. The largest absolute Gasteiger partial charge is 0.423 e. The Morgan fingerprint density at radius 2 is 2.13 bits per heavy atom. The number of aromatic nitrogens is 3. The molecule has 120 valence electrons. The maximum Gasteiger partial charge on any atom is 0.297 e. The second kappa shape index (κ2) is 5.75. The van der Waals surface area contributed by atoms with Gasteiger partial charge in [0, 0.05) is 26.7 Å². The van der Waals surface area contributed by atoms with Crippen LogP contribution >= 0.6 is 0 Å². The molecule has 0 radical (unpaired) electrons. The highest BCUT2D eigenvalue weighted by Gasteiger charge is 2.12. The van der Waals surface area contributed by atoms with Gasteiger partial charge in [0.05, 0.1) is 17.9 Å². The van der Waals surface area contributed by atoms with E-state index in [0.29, 0.717) is 29.2 Å². The zero-order valence-corrected chi connectivity index (χ0v) is 13.6. The van der Waals surface area contributed by atoms with Crippen molar-refractivity contribution in [2.24, 2.45) is 7.05 Å². The maximum atomic E-state index is 12.3. The van der Waals surface area contributed by atoms with E-state index in [1.807, 2.05) is 34.1 Å². The van der Waals surface area contributed by atoms with E-state index in [2.05, 4.69) is 15.4 Å². The minimum atomic E-state index is -0.153. The minimum Gasteiger partial charge on any atom is -0.423 e. The molecule has 0 unspecified atom stereocenters. The fourth-order valence-electron chi connectivity index (χ4n) is 2.35. The first-order valence-corrected chi connectivity index (χ1v) is 7.29. The van der Waals surface area contributed by atoms with Gasteiger partial charge >= 0.3 is 0 Å². The first kappa shape index (κ1) is 15.1. The van der Waals surface area contributed by atoms with E-state index in [-0.39, 0.29) is 5.91 Å². The summed E-state index contributed by atoms with van der Waals surface area (Å²) in [5.74, 6) is -0.153. The van der Waals surface area contributed by atoms with Crippen LogP contribution in [0.4, 0.5) is 6.01 Å². The average Bonchev–Trinajstić information content (AvgIpc) is 3.07. The molecule has 0 spiro atoms. The molecular weight excluding hydrogens is 294 g/mol. The molecule has 1 N–H and O–H groups in total. The van der Waals surface area contributed by atoms with Crippen molar-refractivity contribution in [3.05, 3.63) is 41.2 Å². The summed E-state index contributed by atoms with van der Waals surface area (Å²) >= 11 is 0. The molecule has 0 atom stereocenters. The van der Waals surface area contributed by atoms with E-state index in [1.54, 1.807) is 27.8 Å². The zero-order chi connectivity index (χ0) is 16.6. The lowest BCUT2D eigenvalue weighted by Crippen LogP contribution is -2.24. The van der Waals surface area contributed by atoms with Gasteiger partial charge < -0.3 is 14.6 Å². The summed E-state index contributed by atoms with van der Waals surface area (Å²) in [6.45, 7) is 2.35. The Morgan fingerprint density at radius 1 is 1.35 bits per heavy atom. The minimum absolute atomic E-state index is 0.153. The van der Waals surface area contributed by atoms with Crippen LogP contribution < -0.4 is 10.2 Å². The van der Waals surface area contributed by atoms with Gasteiger partial charge in [-0.1, -0.05) is 0 Å². The van der Waals surface area contributed by atoms with Gasteiger partial charge in [-0.2, -0.15) is 10.1 Å². The molecule has 0 bridgehead atoms. The number of carbonyl (C=O) groups is 1. The number of hydrogen-bond acceptors (Lipinski definition) is 5. The van der Waals surface area contributed by atoms with Gasteiger partial charge in [-0.25, -0.2) is 0 Å². The molecule has 0 fully saturated rings. The van der Waals surface area contributed by atoms with Crippen LogP contribution in [0, 0.1) is 6.92 Å². The van der Waals surface area contributed by atoms with E-state index in [1.165, 1.54) is 0 Å². The van der Waals surface area contributed by atoms with E-state index in [4.69, 9.17) is 4.42 Å². The van der Waals surface area contributed by atoms with Gasteiger partial charge in [0.2, 0.25) is 0 Å². The molecule has 1 amide bonds. The third-order valence-corrected chi connectivity index (χ3v) is 3.55. The van der Waals surface area contributed by atoms with Crippen LogP contribution in [0.3, 0.4) is 0 Å². The van der Waals surface area contributed by atoms with Gasteiger partial charge in [-0.05, 0) is 31.2 Å². The SMILES string of the molecule is Cc1cc(CNC(=O)c2ccc3oc(N(C)C)nc3c2)n(C)n1. The topological polar surface area (TPSA) is 76.2 Å². The third kappa shape index (κ3) is 3.03. The van der Waals surface area contributed by atoms with Crippen LogP contribution in [0.1, 0.15) is 21.7 Å². The predicted octanol–water partition coefficient (Wildman–Crippen LogP) is 1.87. The molecule has 0 saturated heterocycles. The lowest BCUT2D eigenvalue weighted by molar-refractivity contribution is 0.0950. The normalized spacial score (nSPS) is 11.0. The molecule has 0 saturated carbocycles. The number of amides is 1. The second-order valence-electron chi connectivity index (χ2n) is 5.66. The first-order chi connectivity index (χ1) is 10.9. The van der Waals surface area contributed by atoms with E-state index >= 15 is 0 Å². The standard InChI is InChI=1S/C16H19N5O2/c1-10-7-12(21(4)19-10)9-17-15(22)11-5-6-14-13(8-11)18-16(23-14)20(2)3/h5-8H,9H2,1-4H3,(H,17,22). The molecule has 7 heteroatoms. The van der Waals surface area contributed by atoms with Gasteiger partial charge in [0.15, 0.2) is 5.58 Å². The van der Waals surface area contributed by atoms with Crippen molar-refractivity contribution in [1.29, 1.82) is 0 Å². The number of rotatable bonds is 4. The number of carbonyl (C=O) groups excluding carboxylic acids is 1. The van der Waals surface area contributed by atoms with Crippen molar-refractivity contribution in [1.82, 2.24) is 20.1 Å². The Bertz CT molecular complexity index is 863. The summed E-state index contributed by atoms with van der Waals surface area (Å²) in [6, 6.07) is 7.69. The Morgan fingerprint density at radius 3 is 2.78 bits per heavy atom. The van der Waals surface area contributed by atoms with Crippen molar-refractivity contribution in [2.45, 2.75) is 13.5 Å². The van der Waals surface area contributed by atoms with Gasteiger partial charge in [-0.3, -0.25) is 9.48 Å². The number of benzene rings is 1. The first-order valence-electron chi connectivity index (χ1n) is 7.29. The summed E-state index contributed by atoms with van der Waals surface area (Å²) in [5.41, 5.74) is 3.76. The number of hydrogen-bond donors (Lipinski definition) is 1. The smallest absolute Gasteiger partial charge is 0.297 e. The molecule has 2 heterocycles. The summed E-state index contributed by atoms with van der Waals surface area (Å²) in [5, 5.41) is 7.16. The lowest BCUT2D eigenvalue weighted by Gasteiger charge is -2.05. The molecule has 0 aliphatic heterocycles. The molecule has 3 rings (SSSR count). The summed E-state index contributed by atoms with van der Waals surface area (Å²) in [4.78, 5) is 18.4. The quantitative estimate of drug-likeness (QED) is 0.795. The van der Waals surface area contributed by atoms with E-state index < -0.39 is 0 Å². The number of nitrogens with zero attached hydrogens (tertiary/aromatic N) is 4. The summed E-state index contributed by atoms with van der Waals surface area (Å²) < 4.78 is 7.35. The Kier molecular flexibility index (Phi) is 3.77. The van der Waals surface area contributed by atoms with E-state index in [0.717, 1.165) is 11.4 Å². The summed E-state index contributed by atoms with van der Waals surface area (Å²) in [7, 11) is 5.57. The van der Waals surface area contributed by atoms with Gasteiger partial charge in [-0.15, -0.1) is 0 Å². The number of aryl methyl sites for hydroxylation is 2. The van der Waals surface area contributed by atoms with Crippen LogP contribution in [-0.4, -0.2) is 34.8 Å². The number of nitrogens with one attached hydrogen (secondary N) is 1. The highest BCUT2D eigenvalue weighted by molar-refractivity contribution is 5.97. The van der Waals surface area contributed by atoms with Gasteiger partial charge in [0.25, 0.3) is 11.9 Å². The maximum absolute atomic E-state index is 12.3.